The third-order valence-corrected chi connectivity index (χ3v) is 4.65. The van der Waals surface area contributed by atoms with Crippen LogP contribution < -0.4 is 5.32 Å². The number of para-hydroxylation sites is 1. The van der Waals surface area contributed by atoms with Crippen LogP contribution in [0.3, 0.4) is 0 Å². The molecule has 2 aromatic carbocycles. The highest BCUT2D eigenvalue weighted by Crippen LogP contribution is 2.26. The molecule has 4 rings (SSSR count). The fourth-order valence-electron chi connectivity index (χ4n) is 3.14. The van der Waals surface area contributed by atoms with E-state index in [0.717, 1.165) is 12.1 Å². The van der Waals surface area contributed by atoms with Crippen LogP contribution in [0.1, 0.15) is 15.9 Å². The monoisotopic (exact) mass is 442 g/mol. The summed E-state index contributed by atoms with van der Waals surface area (Å²) in [5.41, 5.74) is 0.874. The Labute approximate surface area is 186 Å². The van der Waals surface area contributed by atoms with Crippen LogP contribution in [0.5, 0.6) is 0 Å². The third-order valence-electron chi connectivity index (χ3n) is 4.65. The number of ether oxygens (including phenoxy) is 1. The molecule has 0 fully saturated rings. The molecule has 10 nitrogen and oxygen atoms in total. The zero-order valence-corrected chi connectivity index (χ0v) is 16.8. The van der Waals surface area contributed by atoms with Crippen LogP contribution in [0.4, 0.5) is 11.4 Å². The van der Waals surface area contributed by atoms with Gasteiger partial charge in [0.1, 0.15) is 11.8 Å². The average Bonchev–Trinajstić information content (AvgIpc) is 3.37. The second-order valence-corrected chi connectivity index (χ2v) is 6.77. The molecule has 0 atom stereocenters. The van der Waals surface area contributed by atoms with Crippen molar-refractivity contribution in [2.75, 3.05) is 11.9 Å². The molecule has 0 spiro atoms. The van der Waals surface area contributed by atoms with Crippen molar-refractivity contribution in [3.05, 3.63) is 88.2 Å². The van der Waals surface area contributed by atoms with Crippen LogP contribution in [0.2, 0.25) is 0 Å². The quantitative estimate of drug-likeness (QED) is 0.267. The van der Waals surface area contributed by atoms with E-state index in [4.69, 9.17) is 9.15 Å². The van der Waals surface area contributed by atoms with E-state index in [1.165, 1.54) is 18.4 Å². The van der Waals surface area contributed by atoms with Crippen LogP contribution in [0.15, 0.2) is 71.3 Å². The van der Waals surface area contributed by atoms with Gasteiger partial charge in [0.15, 0.2) is 12.4 Å². The molecule has 2 aromatic heterocycles. The maximum Gasteiger partial charge on any atom is 0.339 e. The summed E-state index contributed by atoms with van der Waals surface area (Å²) in [6.07, 6.45) is 1.49. The predicted octanol–water partition coefficient (Wildman–Crippen LogP) is 4.07. The number of benzene rings is 2. The number of non-ortho nitro benzene ring substituents is 1. The minimum Gasteiger partial charge on any atom is -0.463 e. The Morgan fingerprint density at radius 2 is 1.97 bits per heavy atom. The Kier molecular flexibility index (Phi) is 5.77. The van der Waals surface area contributed by atoms with Gasteiger partial charge < -0.3 is 14.5 Å². The highest BCUT2D eigenvalue weighted by atomic mass is 16.6. The molecule has 0 aliphatic heterocycles. The number of pyridine rings is 1. The van der Waals surface area contributed by atoms with E-state index in [-0.39, 0.29) is 22.5 Å². The minimum atomic E-state index is -0.749. The van der Waals surface area contributed by atoms with E-state index in [1.807, 2.05) is 0 Å². The van der Waals surface area contributed by atoms with Crippen molar-refractivity contribution in [2.24, 2.45) is 0 Å². The number of esters is 1. The number of nitrogens with zero attached hydrogens (tertiary/aromatic N) is 3. The number of hydrogen-bond donors (Lipinski definition) is 1. The molecule has 2 heterocycles. The summed E-state index contributed by atoms with van der Waals surface area (Å²) in [6, 6.07) is 17.1. The number of nitro groups is 1. The molecular weight excluding hydrogens is 428 g/mol. The van der Waals surface area contributed by atoms with Crippen molar-refractivity contribution in [1.82, 2.24) is 4.98 Å². The summed E-state index contributed by atoms with van der Waals surface area (Å²) >= 11 is 0. The first-order chi connectivity index (χ1) is 16.0. The van der Waals surface area contributed by atoms with Crippen molar-refractivity contribution >= 4 is 34.2 Å². The lowest BCUT2D eigenvalue weighted by Crippen LogP contribution is -2.21. The summed E-state index contributed by atoms with van der Waals surface area (Å²) < 4.78 is 10.5. The van der Waals surface area contributed by atoms with Crippen LogP contribution in [0, 0.1) is 21.4 Å². The van der Waals surface area contributed by atoms with Gasteiger partial charge in [0.05, 0.1) is 33.5 Å². The molecule has 0 bridgehead atoms. The molecular formula is C23H14N4O6. The Bertz CT molecular complexity index is 1420. The van der Waals surface area contributed by atoms with Crippen molar-refractivity contribution in [3.63, 3.8) is 0 Å². The number of hydrogen-bond acceptors (Lipinski definition) is 8. The van der Waals surface area contributed by atoms with E-state index in [1.54, 1.807) is 42.5 Å². The normalized spacial score (nSPS) is 10.4. The Morgan fingerprint density at radius 3 is 2.70 bits per heavy atom. The number of carbonyl (C=O) groups is 2. The number of rotatable bonds is 6. The highest BCUT2D eigenvalue weighted by Gasteiger charge is 2.18. The molecule has 0 unspecified atom stereocenters. The van der Waals surface area contributed by atoms with Crippen LogP contribution in [-0.2, 0) is 9.53 Å². The summed E-state index contributed by atoms with van der Waals surface area (Å²) in [4.78, 5) is 39.8. The maximum absolute atomic E-state index is 12.8. The lowest BCUT2D eigenvalue weighted by Gasteiger charge is -2.10. The minimum absolute atomic E-state index is 0.0682. The van der Waals surface area contributed by atoms with Crippen LogP contribution in [-0.4, -0.2) is 28.4 Å². The number of carbonyl (C=O) groups excluding carboxylic acids is 2. The largest absolute Gasteiger partial charge is 0.463 e. The number of nitriles is 1. The van der Waals surface area contributed by atoms with Gasteiger partial charge in [-0.15, -0.1) is 0 Å². The van der Waals surface area contributed by atoms with Crippen molar-refractivity contribution in [1.29, 1.82) is 5.26 Å². The zero-order chi connectivity index (χ0) is 23.4. The second-order valence-electron chi connectivity index (χ2n) is 6.77. The molecule has 0 saturated carbocycles. The summed E-state index contributed by atoms with van der Waals surface area (Å²) in [5.74, 6) is -0.992. The van der Waals surface area contributed by atoms with Crippen molar-refractivity contribution in [2.45, 2.75) is 0 Å². The van der Waals surface area contributed by atoms with Crippen LogP contribution in [0.25, 0.3) is 22.4 Å². The first-order valence-corrected chi connectivity index (χ1v) is 9.55. The van der Waals surface area contributed by atoms with Gasteiger partial charge in [-0.3, -0.25) is 14.9 Å². The van der Waals surface area contributed by atoms with Gasteiger partial charge in [-0.2, -0.15) is 5.26 Å². The van der Waals surface area contributed by atoms with Gasteiger partial charge in [0, 0.05) is 17.5 Å². The Morgan fingerprint density at radius 1 is 1.15 bits per heavy atom. The smallest absolute Gasteiger partial charge is 0.339 e. The van der Waals surface area contributed by atoms with Crippen LogP contribution >= 0.6 is 0 Å². The van der Waals surface area contributed by atoms with Crippen molar-refractivity contribution < 1.29 is 23.7 Å². The number of anilines is 1. The number of nitro benzene ring substituents is 1. The van der Waals surface area contributed by atoms with E-state index in [9.17, 15) is 25.0 Å². The van der Waals surface area contributed by atoms with E-state index >= 15 is 0 Å². The highest BCUT2D eigenvalue weighted by molar-refractivity contribution is 6.05. The first-order valence-electron chi connectivity index (χ1n) is 9.55. The van der Waals surface area contributed by atoms with Gasteiger partial charge in [-0.05, 0) is 30.3 Å². The summed E-state index contributed by atoms with van der Waals surface area (Å²) in [7, 11) is 0. The van der Waals surface area contributed by atoms with Gasteiger partial charge in [0.2, 0.25) is 0 Å². The summed E-state index contributed by atoms with van der Waals surface area (Å²) in [5, 5.41) is 23.0. The fraction of sp³-hybridized carbons (Fsp3) is 0.0435. The first kappa shape index (κ1) is 21.2. The molecule has 33 heavy (non-hydrogen) atoms. The Hall–Kier alpha value is -5.04. The standard InChI is InChI=1S/C23H14N4O6/c24-12-14-10-15(27(30)31)7-8-18(14)26-22(28)13-33-23(29)17-11-20(21-6-3-9-32-21)25-19-5-2-1-4-16(17)19/h1-11H,13H2,(H,26,28). The number of aromatic nitrogens is 1. The van der Waals surface area contributed by atoms with Crippen molar-refractivity contribution in [3.8, 4) is 17.5 Å². The number of nitrogens with one attached hydrogen (secondary N) is 1. The zero-order valence-electron chi connectivity index (χ0n) is 16.8. The lowest BCUT2D eigenvalue weighted by molar-refractivity contribution is -0.384. The summed E-state index contributed by atoms with van der Waals surface area (Å²) in [6.45, 7) is -0.632. The molecule has 4 aromatic rings. The molecule has 0 radical (unpaired) electrons. The number of furan rings is 1. The molecule has 0 aliphatic carbocycles. The van der Waals surface area contributed by atoms with Gasteiger partial charge in [-0.1, -0.05) is 18.2 Å². The van der Waals surface area contributed by atoms with E-state index in [0.29, 0.717) is 22.4 Å². The topological polar surface area (TPSA) is 148 Å². The average molecular weight is 442 g/mol. The van der Waals surface area contributed by atoms with E-state index in [2.05, 4.69) is 10.3 Å². The van der Waals surface area contributed by atoms with E-state index < -0.39 is 23.4 Å². The molecule has 1 N–H and O–H groups in total. The molecule has 0 aliphatic rings. The molecule has 0 saturated heterocycles. The predicted molar refractivity (Wildman–Crippen MR) is 116 cm³/mol. The van der Waals surface area contributed by atoms with Gasteiger partial charge in [-0.25, -0.2) is 9.78 Å². The third kappa shape index (κ3) is 4.52. The number of fused-ring (bicyclic) bond motifs is 1. The van der Waals surface area contributed by atoms with Gasteiger partial charge >= 0.3 is 5.97 Å². The maximum atomic E-state index is 12.8. The SMILES string of the molecule is N#Cc1cc([N+](=O)[O-])ccc1NC(=O)COC(=O)c1cc(-c2ccco2)nc2ccccc12. The van der Waals surface area contributed by atoms with Gasteiger partial charge in [0.25, 0.3) is 11.6 Å². The number of amides is 1. The lowest BCUT2D eigenvalue weighted by atomic mass is 10.1. The Balaban J connectivity index is 1.52. The molecule has 10 heteroatoms. The second kappa shape index (κ2) is 8.99. The molecule has 1 amide bonds. The fourth-order valence-corrected chi connectivity index (χ4v) is 3.14. The molecule has 162 valence electrons.